The highest BCUT2D eigenvalue weighted by Gasteiger charge is 2.35. The molecule has 2 aliphatic rings. The van der Waals surface area contributed by atoms with Crippen molar-refractivity contribution in [1.82, 2.24) is 0 Å². The van der Waals surface area contributed by atoms with Crippen molar-refractivity contribution in [2.24, 2.45) is 0 Å². The van der Waals surface area contributed by atoms with Crippen LogP contribution in [0, 0.1) is 0 Å². The van der Waals surface area contributed by atoms with Gasteiger partial charge in [-0.2, -0.15) is 0 Å². The lowest BCUT2D eigenvalue weighted by Gasteiger charge is -2.24. The molecule has 6 rings (SSSR count). The first-order valence-electron chi connectivity index (χ1n) is 12.8. The Balaban J connectivity index is 1.26. The summed E-state index contributed by atoms with van der Waals surface area (Å²) in [5, 5.41) is 3.65. The van der Waals surface area contributed by atoms with Crippen LogP contribution in [-0.4, -0.2) is 0 Å². The SMILES string of the molecule is CC1(C)c2ccccc2-c2ccc(Nc3ccc(-c4ccccc4C4CCCCC4)cc3)cc21. The first-order valence-corrected chi connectivity index (χ1v) is 12.8. The highest BCUT2D eigenvalue weighted by Crippen LogP contribution is 2.49. The number of benzene rings is 4. The van der Waals surface area contributed by atoms with Crippen LogP contribution in [0.5, 0.6) is 0 Å². The Morgan fingerprint density at radius 1 is 0.618 bits per heavy atom. The van der Waals surface area contributed by atoms with Crippen LogP contribution >= 0.6 is 0 Å². The van der Waals surface area contributed by atoms with Crippen LogP contribution in [0.15, 0.2) is 91.0 Å². The number of fused-ring (bicyclic) bond motifs is 3. The van der Waals surface area contributed by atoms with Crippen LogP contribution in [-0.2, 0) is 5.41 Å². The van der Waals surface area contributed by atoms with E-state index in [1.165, 1.54) is 71.0 Å². The normalized spacial score (nSPS) is 16.6. The number of rotatable bonds is 4. The monoisotopic (exact) mass is 443 g/mol. The highest BCUT2D eigenvalue weighted by molar-refractivity contribution is 5.83. The molecule has 1 heteroatoms. The topological polar surface area (TPSA) is 12.0 Å². The third kappa shape index (κ3) is 3.64. The molecular formula is C33H33N. The van der Waals surface area contributed by atoms with Gasteiger partial charge in [0.2, 0.25) is 0 Å². The quantitative estimate of drug-likeness (QED) is 0.331. The summed E-state index contributed by atoms with van der Waals surface area (Å²) in [5.41, 5.74) is 12.1. The van der Waals surface area contributed by atoms with Gasteiger partial charge in [-0.15, -0.1) is 0 Å². The molecule has 0 aromatic heterocycles. The predicted molar refractivity (Wildman–Crippen MR) is 145 cm³/mol. The molecule has 1 saturated carbocycles. The van der Waals surface area contributed by atoms with E-state index in [1.54, 1.807) is 0 Å². The average molecular weight is 444 g/mol. The Morgan fingerprint density at radius 3 is 2.06 bits per heavy atom. The fraction of sp³-hybridized carbons (Fsp3) is 0.273. The van der Waals surface area contributed by atoms with Gasteiger partial charge in [-0.1, -0.05) is 99.8 Å². The van der Waals surface area contributed by atoms with Gasteiger partial charge in [0.05, 0.1) is 0 Å². The predicted octanol–water partition coefficient (Wildman–Crippen LogP) is 9.45. The van der Waals surface area contributed by atoms with Crippen LogP contribution in [0.4, 0.5) is 11.4 Å². The van der Waals surface area contributed by atoms with E-state index < -0.39 is 0 Å². The zero-order valence-electron chi connectivity index (χ0n) is 20.3. The second-order valence-electron chi connectivity index (χ2n) is 10.6. The van der Waals surface area contributed by atoms with Crippen molar-refractivity contribution < 1.29 is 0 Å². The summed E-state index contributed by atoms with van der Waals surface area (Å²) in [6, 6.07) is 33.7. The van der Waals surface area contributed by atoms with Crippen LogP contribution < -0.4 is 5.32 Å². The van der Waals surface area contributed by atoms with E-state index in [0.29, 0.717) is 5.92 Å². The summed E-state index contributed by atoms with van der Waals surface area (Å²) in [4.78, 5) is 0. The maximum absolute atomic E-state index is 3.65. The maximum Gasteiger partial charge on any atom is 0.0387 e. The second kappa shape index (κ2) is 8.47. The molecule has 0 amide bonds. The molecule has 0 bridgehead atoms. The van der Waals surface area contributed by atoms with Crippen LogP contribution in [0.25, 0.3) is 22.3 Å². The van der Waals surface area contributed by atoms with Crippen molar-refractivity contribution in [2.75, 3.05) is 5.32 Å². The summed E-state index contributed by atoms with van der Waals surface area (Å²) in [6.45, 7) is 4.67. The lowest BCUT2D eigenvalue weighted by molar-refractivity contribution is 0.444. The summed E-state index contributed by atoms with van der Waals surface area (Å²) >= 11 is 0. The first-order chi connectivity index (χ1) is 16.6. The Kier molecular flexibility index (Phi) is 5.29. The summed E-state index contributed by atoms with van der Waals surface area (Å²) in [5.74, 6) is 0.710. The molecular weight excluding hydrogens is 410 g/mol. The van der Waals surface area contributed by atoms with Gasteiger partial charge in [0, 0.05) is 16.8 Å². The zero-order chi connectivity index (χ0) is 23.1. The van der Waals surface area contributed by atoms with Gasteiger partial charge in [0.25, 0.3) is 0 Å². The molecule has 0 aliphatic heterocycles. The van der Waals surface area contributed by atoms with Gasteiger partial charge in [0.1, 0.15) is 0 Å². The van der Waals surface area contributed by atoms with E-state index in [9.17, 15) is 0 Å². The summed E-state index contributed by atoms with van der Waals surface area (Å²) in [6.07, 6.45) is 6.78. The minimum absolute atomic E-state index is 0.0241. The van der Waals surface area contributed by atoms with Crippen molar-refractivity contribution >= 4 is 11.4 Å². The molecule has 0 saturated heterocycles. The summed E-state index contributed by atoms with van der Waals surface area (Å²) < 4.78 is 0. The van der Waals surface area contributed by atoms with Crippen LogP contribution in [0.2, 0.25) is 0 Å². The minimum Gasteiger partial charge on any atom is -0.356 e. The van der Waals surface area contributed by atoms with Gasteiger partial charge in [-0.05, 0) is 82.0 Å². The maximum atomic E-state index is 3.65. The molecule has 1 N–H and O–H groups in total. The van der Waals surface area contributed by atoms with E-state index in [1.807, 2.05) is 0 Å². The van der Waals surface area contributed by atoms with E-state index in [0.717, 1.165) is 11.4 Å². The molecule has 0 atom stereocenters. The van der Waals surface area contributed by atoms with E-state index in [4.69, 9.17) is 0 Å². The highest BCUT2D eigenvalue weighted by atomic mass is 14.9. The van der Waals surface area contributed by atoms with Crippen molar-refractivity contribution in [3.05, 3.63) is 108 Å². The average Bonchev–Trinajstić information content (AvgIpc) is 3.12. The van der Waals surface area contributed by atoms with Gasteiger partial charge in [-0.25, -0.2) is 0 Å². The summed E-state index contributed by atoms with van der Waals surface area (Å²) in [7, 11) is 0. The van der Waals surface area contributed by atoms with Gasteiger partial charge < -0.3 is 5.32 Å². The van der Waals surface area contributed by atoms with Crippen molar-refractivity contribution in [3.8, 4) is 22.3 Å². The molecule has 170 valence electrons. The van der Waals surface area contributed by atoms with E-state index in [2.05, 4.69) is 110 Å². The Labute approximate surface area is 203 Å². The minimum atomic E-state index is 0.0241. The molecule has 0 heterocycles. The second-order valence-corrected chi connectivity index (χ2v) is 10.6. The van der Waals surface area contributed by atoms with Crippen molar-refractivity contribution in [2.45, 2.75) is 57.3 Å². The Bertz CT molecular complexity index is 1320. The number of hydrogen-bond donors (Lipinski definition) is 1. The molecule has 0 spiro atoms. The van der Waals surface area contributed by atoms with Crippen LogP contribution in [0.3, 0.4) is 0 Å². The molecule has 0 radical (unpaired) electrons. The van der Waals surface area contributed by atoms with Gasteiger partial charge in [-0.3, -0.25) is 0 Å². The fourth-order valence-electron chi connectivity index (χ4n) is 6.21. The molecule has 4 aromatic rings. The third-order valence-electron chi connectivity index (χ3n) is 8.07. The molecule has 4 aromatic carbocycles. The largest absolute Gasteiger partial charge is 0.356 e. The lowest BCUT2D eigenvalue weighted by Crippen LogP contribution is -2.15. The van der Waals surface area contributed by atoms with Gasteiger partial charge >= 0.3 is 0 Å². The first kappa shape index (κ1) is 21.2. The fourth-order valence-corrected chi connectivity index (χ4v) is 6.21. The van der Waals surface area contributed by atoms with Crippen molar-refractivity contribution in [1.29, 1.82) is 0 Å². The standard InChI is InChI=1S/C33H33N/c1-33(2)31-15-9-8-14-29(31)30-21-20-26(22-32(30)33)34-25-18-16-24(17-19-25)28-13-7-6-12-27(28)23-10-4-3-5-11-23/h6-9,12-23,34H,3-5,10-11H2,1-2H3. The Hall–Kier alpha value is -3.32. The van der Waals surface area contributed by atoms with Crippen molar-refractivity contribution in [3.63, 3.8) is 0 Å². The Morgan fingerprint density at radius 2 is 1.26 bits per heavy atom. The zero-order valence-corrected chi connectivity index (χ0v) is 20.3. The molecule has 0 unspecified atom stereocenters. The number of nitrogens with one attached hydrogen (secondary N) is 1. The van der Waals surface area contributed by atoms with Gasteiger partial charge in [0.15, 0.2) is 0 Å². The smallest absolute Gasteiger partial charge is 0.0387 e. The molecule has 2 aliphatic carbocycles. The molecule has 1 fully saturated rings. The van der Waals surface area contributed by atoms with Crippen LogP contribution in [0.1, 0.15) is 68.6 Å². The number of hydrogen-bond acceptors (Lipinski definition) is 1. The van der Waals surface area contributed by atoms with E-state index >= 15 is 0 Å². The third-order valence-corrected chi connectivity index (χ3v) is 8.07. The molecule has 34 heavy (non-hydrogen) atoms. The lowest BCUT2D eigenvalue weighted by atomic mass is 9.81. The van der Waals surface area contributed by atoms with E-state index in [-0.39, 0.29) is 5.41 Å². The number of anilines is 2. The molecule has 1 nitrogen and oxygen atoms in total.